The van der Waals surface area contributed by atoms with Gasteiger partial charge in [-0.3, -0.25) is 9.69 Å². The second-order valence-corrected chi connectivity index (χ2v) is 9.50. The maximum atomic E-state index is 13.1. The van der Waals surface area contributed by atoms with Gasteiger partial charge in [-0.2, -0.15) is 0 Å². The number of benzene rings is 1. The van der Waals surface area contributed by atoms with E-state index < -0.39 is 0 Å². The van der Waals surface area contributed by atoms with E-state index in [2.05, 4.69) is 4.90 Å². The van der Waals surface area contributed by atoms with Gasteiger partial charge in [0.15, 0.2) is 0 Å². The number of carbonyl (C=O) groups is 1. The molecule has 2 heterocycles. The molecule has 1 aliphatic carbocycles. The van der Waals surface area contributed by atoms with Crippen LogP contribution in [0.5, 0.6) is 0 Å². The molecule has 3 fully saturated rings. The largest absolute Gasteiger partial charge is 0.375 e. The Bertz CT molecular complexity index is 714. The summed E-state index contributed by atoms with van der Waals surface area (Å²) < 4.78 is 6.22. The van der Waals surface area contributed by atoms with E-state index >= 15 is 0 Å². The number of carbonyl (C=O) groups excluding carboxylic acids is 1. The molecule has 28 heavy (non-hydrogen) atoms. The lowest BCUT2D eigenvalue weighted by atomic mass is 9.76. The summed E-state index contributed by atoms with van der Waals surface area (Å²) in [5, 5.41) is 1.03. The third-order valence-corrected chi connectivity index (χ3v) is 7.68. The van der Waals surface area contributed by atoms with Crippen molar-refractivity contribution in [2.75, 3.05) is 26.7 Å². The molecule has 1 aromatic carbocycles. The van der Waals surface area contributed by atoms with Gasteiger partial charge in [-0.15, -0.1) is 0 Å². The molecule has 0 N–H and O–H groups in total. The predicted molar refractivity (Wildman–Crippen MR) is 113 cm³/mol. The van der Waals surface area contributed by atoms with E-state index in [0.29, 0.717) is 22.5 Å². The molecule has 4 rings (SSSR count). The molecule has 4 nitrogen and oxygen atoms in total. The van der Waals surface area contributed by atoms with E-state index in [0.717, 1.165) is 44.5 Å². The van der Waals surface area contributed by atoms with Crippen molar-refractivity contribution in [3.05, 3.63) is 33.8 Å². The summed E-state index contributed by atoms with van der Waals surface area (Å²) in [6.07, 6.45) is 8.36. The van der Waals surface area contributed by atoms with Crippen molar-refractivity contribution < 1.29 is 9.53 Å². The minimum Gasteiger partial charge on any atom is -0.375 e. The van der Waals surface area contributed by atoms with Crippen molar-refractivity contribution in [1.29, 1.82) is 0 Å². The zero-order valence-electron chi connectivity index (χ0n) is 16.6. The van der Waals surface area contributed by atoms with Crippen LogP contribution in [0.4, 0.5) is 0 Å². The SMILES string of the molecule is CN(C(=O)Cc1ccc(Cl)c(Cl)c1)C1CC[C@]2(CCCO2)C[C@H]1N1CCCC1. The highest BCUT2D eigenvalue weighted by Crippen LogP contribution is 2.43. The first-order valence-corrected chi connectivity index (χ1v) is 11.3. The summed E-state index contributed by atoms with van der Waals surface area (Å²) in [4.78, 5) is 17.7. The summed E-state index contributed by atoms with van der Waals surface area (Å²) in [6.45, 7) is 3.18. The molecule has 3 atom stereocenters. The van der Waals surface area contributed by atoms with Crippen LogP contribution in [-0.4, -0.2) is 60.1 Å². The van der Waals surface area contributed by atoms with Crippen molar-refractivity contribution in [2.24, 2.45) is 0 Å². The monoisotopic (exact) mass is 424 g/mol. The van der Waals surface area contributed by atoms with Crippen LogP contribution in [0.1, 0.15) is 50.5 Å². The van der Waals surface area contributed by atoms with Crippen molar-refractivity contribution in [1.82, 2.24) is 9.80 Å². The Hall–Kier alpha value is -0.810. The Labute approximate surface area is 178 Å². The van der Waals surface area contributed by atoms with Gasteiger partial charge >= 0.3 is 0 Å². The van der Waals surface area contributed by atoms with Gasteiger partial charge in [-0.25, -0.2) is 0 Å². The highest BCUT2D eigenvalue weighted by molar-refractivity contribution is 6.42. The molecule has 0 aromatic heterocycles. The second-order valence-electron chi connectivity index (χ2n) is 8.69. The van der Waals surface area contributed by atoms with Crippen LogP contribution >= 0.6 is 23.2 Å². The molecule has 1 saturated carbocycles. The first-order chi connectivity index (χ1) is 13.5. The van der Waals surface area contributed by atoms with E-state index in [1.165, 1.54) is 25.7 Å². The van der Waals surface area contributed by atoms with E-state index in [-0.39, 0.29) is 17.6 Å². The summed E-state index contributed by atoms with van der Waals surface area (Å²) in [5.74, 6) is 0.149. The normalized spacial score (nSPS) is 30.8. The number of likely N-dealkylation sites (tertiary alicyclic amines) is 1. The van der Waals surface area contributed by atoms with E-state index in [9.17, 15) is 4.79 Å². The number of nitrogens with zero attached hydrogens (tertiary/aromatic N) is 2. The quantitative estimate of drug-likeness (QED) is 0.709. The minimum atomic E-state index is 0.0529. The molecule has 1 unspecified atom stereocenters. The van der Waals surface area contributed by atoms with E-state index in [4.69, 9.17) is 27.9 Å². The first-order valence-electron chi connectivity index (χ1n) is 10.6. The molecule has 1 amide bonds. The third kappa shape index (κ3) is 4.21. The fraction of sp³-hybridized carbons (Fsp3) is 0.682. The Morgan fingerprint density at radius 2 is 2.00 bits per heavy atom. The molecule has 2 aliphatic heterocycles. The van der Waals surface area contributed by atoms with E-state index in [1.807, 2.05) is 18.0 Å². The Balaban J connectivity index is 1.48. The van der Waals surface area contributed by atoms with Crippen LogP contribution in [0, 0.1) is 0 Å². The summed E-state index contributed by atoms with van der Waals surface area (Å²) in [6, 6.07) is 6.11. The molecule has 0 bridgehead atoms. The number of ether oxygens (including phenoxy) is 1. The molecule has 1 spiro atoms. The average molecular weight is 425 g/mol. The number of halogens is 2. The molecule has 2 saturated heterocycles. The number of amides is 1. The van der Waals surface area contributed by atoms with Crippen molar-refractivity contribution in [2.45, 2.75) is 69.1 Å². The molecular weight excluding hydrogens is 395 g/mol. The molecule has 6 heteroatoms. The molecular formula is C22H30Cl2N2O2. The second kappa shape index (κ2) is 8.51. The summed E-state index contributed by atoms with van der Waals surface area (Å²) >= 11 is 12.1. The molecule has 0 radical (unpaired) electrons. The zero-order valence-corrected chi connectivity index (χ0v) is 18.1. The van der Waals surface area contributed by atoms with Gasteiger partial charge in [0.25, 0.3) is 0 Å². The van der Waals surface area contributed by atoms with Crippen LogP contribution in [0.2, 0.25) is 10.0 Å². The first kappa shape index (κ1) is 20.5. The van der Waals surface area contributed by atoms with Crippen LogP contribution in [0.3, 0.4) is 0 Å². The third-order valence-electron chi connectivity index (χ3n) is 6.95. The van der Waals surface area contributed by atoms with Crippen LogP contribution in [0.25, 0.3) is 0 Å². The molecule has 154 valence electrons. The summed E-state index contributed by atoms with van der Waals surface area (Å²) in [7, 11) is 1.97. The lowest BCUT2D eigenvalue weighted by Crippen LogP contribution is -2.58. The Kier molecular flexibility index (Phi) is 6.22. The predicted octanol–water partition coefficient (Wildman–Crippen LogP) is 4.56. The highest BCUT2D eigenvalue weighted by atomic mass is 35.5. The Morgan fingerprint density at radius 3 is 2.68 bits per heavy atom. The average Bonchev–Trinajstić information content (AvgIpc) is 3.37. The Morgan fingerprint density at radius 1 is 1.21 bits per heavy atom. The fourth-order valence-corrected chi connectivity index (χ4v) is 5.69. The standard InChI is InChI=1S/C22H30Cl2N2O2/c1-25(21(27)14-16-5-6-17(23)18(24)13-16)19-7-9-22(8-4-12-28-22)15-20(19)26-10-2-3-11-26/h5-6,13,19-20H,2-4,7-12,14-15H2,1H3/t19?,20-,22-/m1/s1. The number of hydrogen-bond donors (Lipinski definition) is 0. The van der Waals surface area contributed by atoms with Gasteiger partial charge in [0.05, 0.1) is 22.1 Å². The maximum absolute atomic E-state index is 13.1. The van der Waals surface area contributed by atoms with Crippen LogP contribution in [0.15, 0.2) is 18.2 Å². The summed E-state index contributed by atoms with van der Waals surface area (Å²) in [5.41, 5.74) is 0.965. The highest BCUT2D eigenvalue weighted by Gasteiger charge is 2.47. The van der Waals surface area contributed by atoms with Gasteiger partial charge in [0, 0.05) is 25.7 Å². The van der Waals surface area contributed by atoms with Gasteiger partial charge in [0.2, 0.25) is 5.91 Å². The van der Waals surface area contributed by atoms with Gasteiger partial charge < -0.3 is 9.64 Å². The van der Waals surface area contributed by atoms with Gasteiger partial charge in [0.1, 0.15) is 0 Å². The van der Waals surface area contributed by atoms with E-state index in [1.54, 1.807) is 12.1 Å². The lowest BCUT2D eigenvalue weighted by molar-refractivity contribution is -0.136. The molecule has 3 aliphatic rings. The van der Waals surface area contributed by atoms with Gasteiger partial charge in [-0.1, -0.05) is 29.3 Å². The van der Waals surface area contributed by atoms with Crippen molar-refractivity contribution in [3.63, 3.8) is 0 Å². The van der Waals surface area contributed by atoms with Crippen molar-refractivity contribution in [3.8, 4) is 0 Å². The van der Waals surface area contributed by atoms with Crippen LogP contribution in [-0.2, 0) is 16.0 Å². The number of hydrogen-bond acceptors (Lipinski definition) is 3. The smallest absolute Gasteiger partial charge is 0.227 e. The topological polar surface area (TPSA) is 32.8 Å². The lowest BCUT2D eigenvalue weighted by Gasteiger charge is -2.48. The fourth-order valence-electron chi connectivity index (χ4n) is 5.37. The van der Waals surface area contributed by atoms with Gasteiger partial charge in [-0.05, 0) is 75.7 Å². The van der Waals surface area contributed by atoms with Crippen molar-refractivity contribution >= 4 is 29.1 Å². The zero-order chi connectivity index (χ0) is 19.7. The number of rotatable bonds is 4. The minimum absolute atomic E-state index is 0.0529. The maximum Gasteiger partial charge on any atom is 0.227 e. The number of likely N-dealkylation sites (N-methyl/N-ethyl adjacent to an activating group) is 1. The molecule has 1 aromatic rings. The van der Waals surface area contributed by atoms with Crippen LogP contribution < -0.4 is 0 Å².